The Morgan fingerprint density at radius 2 is 2.17 bits per heavy atom. The van der Waals surface area contributed by atoms with Crippen LogP contribution in [0.5, 0.6) is 0 Å². The zero-order valence-corrected chi connectivity index (χ0v) is 13.9. The molecule has 0 N–H and O–H groups in total. The van der Waals surface area contributed by atoms with E-state index in [-0.39, 0.29) is 11.3 Å². The van der Waals surface area contributed by atoms with Crippen LogP contribution < -0.4 is 0 Å². The van der Waals surface area contributed by atoms with Crippen molar-refractivity contribution in [1.29, 1.82) is 0 Å². The van der Waals surface area contributed by atoms with E-state index in [1.54, 1.807) is 18.7 Å². The largest absolute Gasteiger partial charge is 0.468 e. The molecule has 1 spiro atoms. The lowest BCUT2D eigenvalue weighted by atomic mass is 9.79. The van der Waals surface area contributed by atoms with Crippen LogP contribution in [0.2, 0.25) is 0 Å². The van der Waals surface area contributed by atoms with Gasteiger partial charge in [0, 0.05) is 37.4 Å². The summed E-state index contributed by atoms with van der Waals surface area (Å²) in [6.45, 7) is 4.70. The molecule has 2 fully saturated rings. The van der Waals surface area contributed by atoms with Gasteiger partial charge in [-0.2, -0.15) is 0 Å². The van der Waals surface area contributed by atoms with E-state index in [2.05, 4.69) is 9.88 Å². The number of nitrogens with zero attached hydrogens (tertiary/aromatic N) is 3. The predicted octanol–water partition coefficient (Wildman–Crippen LogP) is 2.80. The minimum atomic E-state index is 0.117. The van der Waals surface area contributed by atoms with Crippen LogP contribution in [0.15, 0.2) is 47.3 Å². The lowest BCUT2D eigenvalue weighted by Gasteiger charge is -2.40. The summed E-state index contributed by atoms with van der Waals surface area (Å²) in [7, 11) is 0. The molecule has 0 radical (unpaired) electrons. The van der Waals surface area contributed by atoms with Crippen LogP contribution in [0.1, 0.15) is 35.4 Å². The van der Waals surface area contributed by atoms with Crippen molar-refractivity contribution in [2.75, 3.05) is 26.2 Å². The number of aromatic nitrogens is 1. The van der Waals surface area contributed by atoms with Gasteiger partial charge >= 0.3 is 0 Å². The third kappa shape index (κ3) is 3.08. The van der Waals surface area contributed by atoms with Crippen molar-refractivity contribution in [1.82, 2.24) is 14.8 Å². The number of hydrogen-bond donors (Lipinski definition) is 0. The third-order valence-electron chi connectivity index (χ3n) is 5.33. The van der Waals surface area contributed by atoms with Crippen molar-refractivity contribution < 1.29 is 9.21 Å². The van der Waals surface area contributed by atoms with Gasteiger partial charge in [-0.15, -0.1) is 0 Å². The molecule has 0 aromatic carbocycles. The Morgan fingerprint density at radius 3 is 2.96 bits per heavy atom. The van der Waals surface area contributed by atoms with Gasteiger partial charge in [-0.1, -0.05) is 0 Å². The van der Waals surface area contributed by atoms with E-state index >= 15 is 0 Å². The zero-order chi connectivity index (χ0) is 16.4. The van der Waals surface area contributed by atoms with Crippen LogP contribution in [0.4, 0.5) is 0 Å². The van der Waals surface area contributed by atoms with Crippen LogP contribution in [0, 0.1) is 5.41 Å². The Balaban J connectivity index is 1.42. The van der Waals surface area contributed by atoms with Gasteiger partial charge in [-0.05, 0) is 50.1 Å². The molecule has 5 nitrogen and oxygen atoms in total. The van der Waals surface area contributed by atoms with Crippen molar-refractivity contribution >= 4 is 5.91 Å². The second-order valence-electron chi connectivity index (χ2n) is 7.11. The number of carbonyl (C=O) groups excluding carboxylic acids is 1. The summed E-state index contributed by atoms with van der Waals surface area (Å²) in [5.74, 6) is 1.14. The maximum atomic E-state index is 12.7. The van der Waals surface area contributed by atoms with Crippen molar-refractivity contribution in [3.05, 3.63) is 54.2 Å². The fraction of sp³-hybridized carbons (Fsp3) is 0.474. The first-order valence-electron chi connectivity index (χ1n) is 8.68. The van der Waals surface area contributed by atoms with Gasteiger partial charge < -0.3 is 9.32 Å². The highest BCUT2D eigenvalue weighted by molar-refractivity contribution is 5.94. The van der Waals surface area contributed by atoms with E-state index in [4.69, 9.17) is 4.42 Å². The first-order valence-corrected chi connectivity index (χ1v) is 8.68. The van der Waals surface area contributed by atoms with Crippen LogP contribution in [-0.4, -0.2) is 46.9 Å². The van der Waals surface area contributed by atoms with Gasteiger partial charge in [0.1, 0.15) is 5.76 Å². The molecule has 2 aliphatic heterocycles. The Kier molecular flexibility index (Phi) is 4.10. The van der Waals surface area contributed by atoms with Gasteiger partial charge in [0.05, 0.1) is 18.4 Å². The molecule has 1 atom stereocenters. The number of amides is 1. The van der Waals surface area contributed by atoms with Crippen molar-refractivity contribution in [3.8, 4) is 0 Å². The molecule has 2 aromatic heterocycles. The monoisotopic (exact) mass is 325 g/mol. The number of carbonyl (C=O) groups is 1. The summed E-state index contributed by atoms with van der Waals surface area (Å²) in [6.07, 6.45) is 8.55. The maximum absolute atomic E-state index is 12.7. The van der Waals surface area contributed by atoms with Gasteiger partial charge in [0.25, 0.3) is 5.91 Å². The molecule has 126 valence electrons. The van der Waals surface area contributed by atoms with Crippen LogP contribution in [0.25, 0.3) is 0 Å². The minimum Gasteiger partial charge on any atom is -0.468 e. The van der Waals surface area contributed by atoms with Crippen molar-refractivity contribution in [2.24, 2.45) is 5.41 Å². The number of likely N-dealkylation sites (tertiary alicyclic amines) is 2. The SMILES string of the molecule is O=C(c1cccnc1)N1CCCC2(CCN(Cc3ccco3)C2)C1. The first kappa shape index (κ1) is 15.4. The van der Waals surface area contributed by atoms with E-state index in [1.165, 1.54) is 6.42 Å². The average molecular weight is 325 g/mol. The molecule has 2 aliphatic rings. The highest BCUT2D eigenvalue weighted by Crippen LogP contribution is 2.39. The van der Waals surface area contributed by atoms with Crippen LogP contribution in [-0.2, 0) is 6.54 Å². The van der Waals surface area contributed by atoms with E-state index in [1.807, 2.05) is 29.2 Å². The smallest absolute Gasteiger partial charge is 0.255 e. The second-order valence-corrected chi connectivity index (χ2v) is 7.11. The summed E-state index contributed by atoms with van der Waals surface area (Å²) >= 11 is 0. The standard InChI is InChI=1S/C19H23N3O2/c23-18(16-4-1-8-20-12-16)22-9-3-6-19(15-22)7-10-21(14-19)13-17-5-2-11-24-17/h1-2,4-5,8,11-12H,3,6-7,9-10,13-15H2. The number of piperidine rings is 1. The number of pyridine rings is 1. The molecular formula is C19H23N3O2. The van der Waals surface area contributed by atoms with E-state index in [9.17, 15) is 4.79 Å². The summed E-state index contributed by atoms with van der Waals surface area (Å²) in [4.78, 5) is 21.3. The highest BCUT2D eigenvalue weighted by Gasteiger charge is 2.42. The van der Waals surface area contributed by atoms with Crippen molar-refractivity contribution in [3.63, 3.8) is 0 Å². The number of furan rings is 1. The Bertz CT molecular complexity index is 686. The zero-order valence-electron chi connectivity index (χ0n) is 13.9. The quantitative estimate of drug-likeness (QED) is 0.871. The van der Waals surface area contributed by atoms with Gasteiger partial charge in [-0.3, -0.25) is 14.7 Å². The van der Waals surface area contributed by atoms with Gasteiger partial charge in [0.2, 0.25) is 0 Å². The van der Waals surface area contributed by atoms with Crippen molar-refractivity contribution in [2.45, 2.75) is 25.8 Å². The molecular weight excluding hydrogens is 302 g/mol. The topological polar surface area (TPSA) is 49.6 Å². The minimum absolute atomic E-state index is 0.117. The summed E-state index contributed by atoms with van der Waals surface area (Å²) in [5.41, 5.74) is 0.933. The lowest BCUT2D eigenvalue weighted by Crippen LogP contribution is -2.47. The van der Waals surface area contributed by atoms with E-state index < -0.39 is 0 Å². The molecule has 1 unspecified atom stereocenters. The fourth-order valence-corrected chi connectivity index (χ4v) is 4.17. The Morgan fingerprint density at radius 1 is 1.21 bits per heavy atom. The molecule has 0 saturated carbocycles. The summed E-state index contributed by atoms with van der Waals surface area (Å²) in [5, 5.41) is 0. The molecule has 24 heavy (non-hydrogen) atoms. The van der Waals surface area contributed by atoms with Crippen LogP contribution >= 0.6 is 0 Å². The normalized spacial score (nSPS) is 24.6. The first-order chi connectivity index (χ1) is 11.7. The molecule has 4 rings (SSSR count). The number of hydrogen-bond acceptors (Lipinski definition) is 4. The predicted molar refractivity (Wildman–Crippen MR) is 90.4 cm³/mol. The third-order valence-corrected chi connectivity index (χ3v) is 5.33. The van der Waals surface area contributed by atoms with E-state index in [0.717, 1.165) is 51.3 Å². The molecule has 0 bridgehead atoms. The molecule has 1 amide bonds. The molecule has 2 saturated heterocycles. The van der Waals surface area contributed by atoms with Gasteiger partial charge in [0.15, 0.2) is 0 Å². The highest BCUT2D eigenvalue weighted by atomic mass is 16.3. The second kappa shape index (κ2) is 6.40. The van der Waals surface area contributed by atoms with Crippen LogP contribution in [0.3, 0.4) is 0 Å². The van der Waals surface area contributed by atoms with Gasteiger partial charge in [-0.25, -0.2) is 0 Å². The number of rotatable bonds is 3. The summed E-state index contributed by atoms with van der Waals surface area (Å²) < 4.78 is 5.48. The average Bonchev–Trinajstić information content (AvgIpc) is 3.26. The molecule has 5 heteroatoms. The molecule has 0 aliphatic carbocycles. The molecule has 2 aromatic rings. The maximum Gasteiger partial charge on any atom is 0.255 e. The molecule has 4 heterocycles. The Hall–Kier alpha value is -2.14. The fourth-order valence-electron chi connectivity index (χ4n) is 4.17. The lowest BCUT2D eigenvalue weighted by molar-refractivity contribution is 0.0524. The van der Waals surface area contributed by atoms with E-state index in [0.29, 0.717) is 5.56 Å². The Labute approximate surface area is 142 Å². The summed E-state index contributed by atoms with van der Waals surface area (Å²) in [6, 6.07) is 7.66.